The second kappa shape index (κ2) is 7.78. The average Bonchev–Trinajstić information content (AvgIpc) is 2.85. The molecule has 1 aliphatic heterocycles. The summed E-state index contributed by atoms with van der Waals surface area (Å²) in [5.41, 5.74) is 0. The van der Waals surface area contributed by atoms with Crippen molar-refractivity contribution in [1.29, 1.82) is 0 Å². The van der Waals surface area contributed by atoms with Crippen LogP contribution in [0, 0.1) is 6.92 Å². The van der Waals surface area contributed by atoms with Crippen LogP contribution in [0.15, 0.2) is 4.34 Å². The van der Waals surface area contributed by atoms with E-state index in [0.29, 0.717) is 19.7 Å². The number of morpholine rings is 1. The van der Waals surface area contributed by atoms with Gasteiger partial charge < -0.3 is 15.4 Å². The summed E-state index contributed by atoms with van der Waals surface area (Å²) in [6.07, 6.45) is 0.571. The van der Waals surface area contributed by atoms with Gasteiger partial charge in [-0.2, -0.15) is 0 Å². The molecule has 2 heterocycles. The molecule has 0 aliphatic carbocycles. The van der Waals surface area contributed by atoms with Crippen LogP contribution in [0.3, 0.4) is 0 Å². The maximum absolute atomic E-state index is 11.7. The fourth-order valence-corrected chi connectivity index (χ4v) is 3.45. The van der Waals surface area contributed by atoms with Crippen LogP contribution in [-0.4, -0.2) is 54.2 Å². The Kier molecular flexibility index (Phi) is 6.02. The molecule has 106 valence electrons. The Labute approximate surface area is 120 Å². The second-order valence-corrected chi connectivity index (χ2v) is 6.67. The summed E-state index contributed by atoms with van der Waals surface area (Å²) in [6, 6.07) is 0. The van der Waals surface area contributed by atoms with Crippen molar-refractivity contribution in [2.75, 3.05) is 32.0 Å². The summed E-state index contributed by atoms with van der Waals surface area (Å²) >= 11 is 3.28. The summed E-state index contributed by atoms with van der Waals surface area (Å²) in [4.78, 5) is 11.7. The van der Waals surface area contributed by atoms with Crippen LogP contribution in [0.5, 0.6) is 0 Å². The van der Waals surface area contributed by atoms with Crippen LogP contribution < -0.4 is 10.6 Å². The number of aryl methyl sites for hydroxylation is 1. The summed E-state index contributed by atoms with van der Waals surface area (Å²) in [6.45, 7) is 4.64. The topological polar surface area (TPSA) is 76.1 Å². The molecule has 8 heteroatoms. The highest BCUT2D eigenvalue weighted by Crippen LogP contribution is 2.21. The second-order valence-electron chi connectivity index (χ2n) is 4.14. The number of ether oxygens (including phenoxy) is 1. The molecule has 1 aliphatic rings. The van der Waals surface area contributed by atoms with E-state index >= 15 is 0 Å². The highest BCUT2D eigenvalue weighted by atomic mass is 32.2. The maximum Gasteiger partial charge on any atom is 0.250 e. The fraction of sp³-hybridized carbons (Fsp3) is 0.727. The first-order valence-corrected chi connectivity index (χ1v) is 8.09. The van der Waals surface area contributed by atoms with Gasteiger partial charge >= 0.3 is 0 Å². The molecule has 1 amide bonds. The van der Waals surface area contributed by atoms with Crippen molar-refractivity contribution in [1.82, 2.24) is 20.8 Å². The lowest BCUT2D eigenvalue weighted by molar-refractivity contribution is -0.134. The first kappa shape index (κ1) is 14.7. The van der Waals surface area contributed by atoms with Gasteiger partial charge in [0.2, 0.25) is 5.91 Å². The first-order valence-electron chi connectivity index (χ1n) is 6.28. The van der Waals surface area contributed by atoms with E-state index in [1.54, 1.807) is 23.1 Å². The molecule has 0 spiro atoms. The Balaban J connectivity index is 1.55. The van der Waals surface area contributed by atoms with Crippen LogP contribution in [0.1, 0.15) is 11.4 Å². The van der Waals surface area contributed by atoms with Crippen molar-refractivity contribution in [2.24, 2.45) is 0 Å². The van der Waals surface area contributed by atoms with E-state index in [-0.39, 0.29) is 12.0 Å². The van der Waals surface area contributed by atoms with Crippen molar-refractivity contribution in [3.05, 3.63) is 5.01 Å². The summed E-state index contributed by atoms with van der Waals surface area (Å²) < 4.78 is 6.36. The molecule has 2 N–H and O–H groups in total. The molecule has 19 heavy (non-hydrogen) atoms. The molecular weight excluding hydrogens is 284 g/mol. The van der Waals surface area contributed by atoms with E-state index in [2.05, 4.69) is 20.8 Å². The molecule has 0 aromatic carbocycles. The Morgan fingerprint density at radius 1 is 1.63 bits per heavy atom. The maximum atomic E-state index is 11.7. The number of nitrogens with one attached hydrogen (secondary N) is 2. The molecule has 1 atom stereocenters. The molecule has 1 aromatic heterocycles. The number of carbonyl (C=O) groups is 1. The molecule has 0 radical (unpaired) electrons. The number of nitrogens with zero attached hydrogens (tertiary/aromatic N) is 2. The average molecular weight is 302 g/mol. The number of hydrogen-bond acceptors (Lipinski definition) is 7. The van der Waals surface area contributed by atoms with Gasteiger partial charge in [0, 0.05) is 25.4 Å². The quantitative estimate of drug-likeness (QED) is 0.586. The van der Waals surface area contributed by atoms with Crippen molar-refractivity contribution in [3.63, 3.8) is 0 Å². The number of thioether (sulfide) groups is 1. The van der Waals surface area contributed by atoms with E-state index in [9.17, 15) is 4.79 Å². The van der Waals surface area contributed by atoms with E-state index in [1.807, 2.05) is 6.92 Å². The largest absolute Gasteiger partial charge is 0.366 e. The molecule has 2 rings (SSSR count). The minimum Gasteiger partial charge on any atom is -0.366 e. The predicted octanol–water partition coefficient (Wildman–Crippen LogP) is 0.433. The zero-order chi connectivity index (χ0) is 13.5. The van der Waals surface area contributed by atoms with Gasteiger partial charge in [0.25, 0.3) is 0 Å². The smallest absolute Gasteiger partial charge is 0.250 e. The van der Waals surface area contributed by atoms with Crippen molar-refractivity contribution in [3.8, 4) is 0 Å². The van der Waals surface area contributed by atoms with Crippen molar-refractivity contribution < 1.29 is 9.53 Å². The normalized spacial score (nSPS) is 19.3. The lowest BCUT2D eigenvalue weighted by Crippen LogP contribution is -2.48. The van der Waals surface area contributed by atoms with E-state index in [0.717, 1.165) is 28.1 Å². The zero-order valence-electron chi connectivity index (χ0n) is 10.8. The molecule has 6 nitrogen and oxygen atoms in total. The van der Waals surface area contributed by atoms with Crippen molar-refractivity contribution in [2.45, 2.75) is 23.8 Å². The summed E-state index contributed by atoms with van der Waals surface area (Å²) in [5, 5.41) is 15.0. The van der Waals surface area contributed by atoms with Gasteiger partial charge in [-0.1, -0.05) is 23.1 Å². The van der Waals surface area contributed by atoms with Crippen LogP contribution in [0.4, 0.5) is 0 Å². The minimum atomic E-state index is -0.341. The Morgan fingerprint density at radius 3 is 3.21 bits per heavy atom. The van der Waals surface area contributed by atoms with Crippen LogP contribution in [-0.2, 0) is 9.53 Å². The molecule has 1 aromatic rings. The highest BCUT2D eigenvalue weighted by molar-refractivity contribution is 8.01. The lowest BCUT2D eigenvalue weighted by atomic mass is 10.3. The van der Waals surface area contributed by atoms with Crippen LogP contribution >= 0.6 is 23.1 Å². The molecule has 1 saturated heterocycles. The van der Waals surface area contributed by atoms with Gasteiger partial charge in [-0.25, -0.2) is 0 Å². The minimum absolute atomic E-state index is 0.0241. The number of amides is 1. The molecule has 0 bridgehead atoms. The third-order valence-corrected chi connectivity index (χ3v) is 4.63. The molecule has 0 saturated carbocycles. The third kappa shape index (κ3) is 5.06. The van der Waals surface area contributed by atoms with Crippen molar-refractivity contribution >= 4 is 29.0 Å². The van der Waals surface area contributed by atoms with Gasteiger partial charge in [-0.05, 0) is 13.3 Å². The monoisotopic (exact) mass is 302 g/mol. The van der Waals surface area contributed by atoms with Gasteiger partial charge in [0.05, 0.1) is 6.61 Å². The number of rotatable bonds is 6. The standard InChI is InChI=1S/C11H18N4O2S2/c1-8-14-15-11(19-8)18-6-2-3-13-10(16)9-7-12-4-5-17-9/h9,12H,2-7H2,1H3,(H,13,16)/t9-/m1/s1. The molecular formula is C11H18N4O2S2. The molecule has 1 fully saturated rings. The Bertz CT molecular complexity index is 407. The van der Waals surface area contributed by atoms with Gasteiger partial charge in [0.1, 0.15) is 11.1 Å². The van der Waals surface area contributed by atoms with E-state index < -0.39 is 0 Å². The van der Waals surface area contributed by atoms with E-state index in [1.165, 1.54) is 0 Å². The highest BCUT2D eigenvalue weighted by Gasteiger charge is 2.20. The predicted molar refractivity (Wildman–Crippen MR) is 75.6 cm³/mol. The van der Waals surface area contributed by atoms with E-state index in [4.69, 9.17) is 4.74 Å². The van der Waals surface area contributed by atoms with Crippen LogP contribution in [0.2, 0.25) is 0 Å². The fourth-order valence-electron chi connectivity index (χ4n) is 1.63. The zero-order valence-corrected chi connectivity index (χ0v) is 12.5. The SMILES string of the molecule is Cc1nnc(SCCCNC(=O)[C@H]2CNCCO2)s1. The molecule has 0 unspecified atom stereocenters. The van der Waals surface area contributed by atoms with Gasteiger partial charge in [0.15, 0.2) is 4.34 Å². The number of aromatic nitrogens is 2. The van der Waals surface area contributed by atoms with Crippen LogP contribution in [0.25, 0.3) is 0 Å². The Hall–Kier alpha value is -0.700. The lowest BCUT2D eigenvalue weighted by Gasteiger charge is -2.22. The summed E-state index contributed by atoms with van der Waals surface area (Å²) in [5.74, 6) is 0.905. The van der Waals surface area contributed by atoms with Gasteiger partial charge in [-0.15, -0.1) is 10.2 Å². The third-order valence-electron chi connectivity index (χ3n) is 2.57. The first-order chi connectivity index (χ1) is 9.25. The Morgan fingerprint density at radius 2 is 2.53 bits per heavy atom. The number of hydrogen-bond donors (Lipinski definition) is 2. The summed E-state index contributed by atoms with van der Waals surface area (Å²) in [7, 11) is 0. The van der Waals surface area contributed by atoms with Gasteiger partial charge in [-0.3, -0.25) is 4.79 Å². The number of carbonyl (C=O) groups excluding carboxylic acids is 1.